The van der Waals surface area contributed by atoms with Crippen molar-refractivity contribution < 1.29 is 19.7 Å². The Morgan fingerprint density at radius 3 is 1.33 bits per heavy atom. The molecule has 0 saturated heterocycles. The minimum atomic E-state index is -0.468. The van der Waals surface area contributed by atoms with Gasteiger partial charge in [-0.05, 0) is 53.0 Å². The van der Waals surface area contributed by atoms with Crippen LogP contribution in [-0.4, -0.2) is 65.2 Å². The summed E-state index contributed by atoms with van der Waals surface area (Å²) in [5.41, 5.74) is -0.468. The van der Waals surface area contributed by atoms with E-state index in [2.05, 4.69) is 24.1 Å². The fraction of sp³-hybridized carbons (Fsp3) is 0.974. The molecule has 0 aliphatic rings. The second kappa shape index (κ2) is 31.7. The minimum Gasteiger partial charge on any atom is -0.444 e. The van der Waals surface area contributed by atoms with Crippen molar-refractivity contribution in [3.05, 3.63) is 0 Å². The SMILES string of the molecule is CCCCCCCCCCCCC(O)CN(CCCCCCNC(=O)OC(C)(C)C)CC(O)CCCCCCCCCCCC. The fourth-order valence-corrected chi connectivity index (χ4v) is 6.09. The van der Waals surface area contributed by atoms with E-state index in [0.717, 1.165) is 57.9 Å². The Labute approximate surface area is 281 Å². The summed E-state index contributed by atoms with van der Waals surface area (Å²) in [5.74, 6) is 0. The first-order valence-electron chi connectivity index (χ1n) is 19.7. The quantitative estimate of drug-likeness (QED) is 0.0622. The third-order valence-electron chi connectivity index (χ3n) is 8.79. The summed E-state index contributed by atoms with van der Waals surface area (Å²) in [4.78, 5) is 14.1. The molecule has 0 radical (unpaired) electrons. The Morgan fingerprint density at radius 1 is 0.578 bits per heavy atom. The number of aliphatic hydroxyl groups excluding tert-OH is 2. The van der Waals surface area contributed by atoms with E-state index in [9.17, 15) is 15.0 Å². The van der Waals surface area contributed by atoms with Gasteiger partial charge in [0.25, 0.3) is 0 Å². The zero-order valence-electron chi connectivity index (χ0n) is 31.0. The molecule has 0 aliphatic heterocycles. The molecule has 0 aromatic carbocycles. The molecule has 0 aromatic heterocycles. The fourth-order valence-electron chi connectivity index (χ4n) is 6.09. The largest absolute Gasteiger partial charge is 0.444 e. The van der Waals surface area contributed by atoms with Gasteiger partial charge in [0.05, 0.1) is 12.2 Å². The molecule has 0 fully saturated rings. The molecule has 0 spiro atoms. The molecule has 1 amide bonds. The van der Waals surface area contributed by atoms with Gasteiger partial charge in [0, 0.05) is 19.6 Å². The summed E-state index contributed by atoms with van der Waals surface area (Å²) in [6.45, 7) is 13.0. The van der Waals surface area contributed by atoms with E-state index < -0.39 is 5.60 Å². The van der Waals surface area contributed by atoms with Crippen molar-refractivity contribution in [3.63, 3.8) is 0 Å². The van der Waals surface area contributed by atoms with E-state index in [1.807, 2.05) is 20.8 Å². The summed E-state index contributed by atoms with van der Waals surface area (Å²) in [6, 6.07) is 0. The average molecular weight is 641 g/mol. The number of ether oxygens (including phenoxy) is 1. The van der Waals surface area contributed by atoms with Crippen LogP contribution in [0.25, 0.3) is 0 Å². The standard InChI is InChI=1S/C39H80N2O4/c1-6-8-10-12-14-16-18-20-22-26-30-36(42)34-41(33-29-25-24-28-32-40-38(44)45-39(3,4)5)35-37(43)31-27-23-21-19-17-15-13-11-9-7-2/h36-37,42-43H,6-35H2,1-5H3,(H,40,44). The highest BCUT2D eigenvalue weighted by atomic mass is 16.6. The van der Waals surface area contributed by atoms with Crippen molar-refractivity contribution in [1.29, 1.82) is 0 Å². The number of unbranched alkanes of at least 4 members (excludes halogenated alkanes) is 21. The minimum absolute atomic E-state index is 0.318. The number of aliphatic hydroxyl groups is 2. The van der Waals surface area contributed by atoms with Gasteiger partial charge in [-0.2, -0.15) is 0 Å². The number of alkyl carbamates (subject to hydrolysis) is 1. The number of rotatable bonds is 33. The maximum atomic E-state index is 11.8. The normalized spacial score (nSPS) is 13.3. The van der Waals surface area contributed by atoms with E-state index in [4.69, 9.17) is 4.74 Å². The molecule has 0 rings (SSSR count). The topological polar surface area (TPSA) is 82.0 Å². The van der Waals surface area contributed by atoms with E-state index in [1.54, 1.807) is 0 Å². The van der Waals surface area contributed by atoms with Gasteiger partial charge < -0.3 is 20.3 Å². The highest BCUT2D eigenvalue weighted by molar-refractivity contribution is 5.67. The van der Waals surface area contributed by atoms with Crippen LogP contribution in [0.3, 0.4) is 0 Å². The number of hydrogen-bond acceptors (Lipinski definition) is 5. The Kier molecular flexibility index (Phi) is 31.1. The average Bonchev–Trinajstić information content (AvgIpc) is 2.97. The summed E-state index contributed by atoms with van der Waals surface area (Å²) >= 11 is 0. The smallest absolute Gasteiger partial charge is 0.407 e. The molecule has 3 N–H and O–H groups in total. The van der Waals surface area contributed by atoms with Gasteiger partial charge in [-0.1, -0.05) is 155 Å². The van der Waals surface area contributed by atoms with Crippen LogP contribution in [0, 0.1) is 0 Å². The predicted octanol–water partition coefficient (Wildman–Crippen LogP) is 10.7. The van der Waals surface area contributed by atoms with Crippen molar-refractivity contribution in [2.45, 2.75) is 219 Å². The van der Waals surface area contributed by atoms with Gasteiger partial charge >= 0.3 is 6.09 Å². The Morgan fingerprint density at radius 2 is 0.933 bits per heavy atom. The van der Waals surface area contributed by atoms with Crippen LogP contribution in [0.5, 0.6) is 0 Å². The van der Waals surface area contributed by atoms with Gasteiger partial charge in [-0.25, -0.2) is 4.79 Å². The molecule has 0 heterocycles. The van der Waals surface area contributed by atoms with Crippen LogP contribution in [0.15, 0.2) is 0 Å². The van der Waals surface area contributed by atoms with Gasteiger partial charge in [-0.15, -0.1) is 0 Å². The molecule has 270 valence electrons. The monoisotopic (exact) mass is 641 g/mol. The highest BCUT2D eigenvalue weighted by Gasteiger charge is 2.17. The summed E-state index contributed by atoms with van der Waals surface area (Å²) in [7, 11) is 0. The number of nitrogens with one attached hydrogen (secondary N) is 1. The summed E-state index contributed by atoms with van der Waals surface area (Å²) in [6.07, 6.45) is 31.0. The maximum absolute atomic E-state index is 11.8. The van der Waals surface area contributed by atoms with Crippen molar-refractivity contribution in [1.82, 2.24) is 10.2 Å². The molecule has 2 unspecified atom stereocenters. The Bertz CT molecular complexity index is 593. The van der Waals surface area contributed by atoms with Gasteiger partial charge in [0.2, 0.25) is 0 Å². The second-order valence-corrected chi connectivity index (χ2v) is 14.9. The third kappa shape index (κ3) is 34.3. The predicted molar refractivity (Wildman–Crippen MR) is 194 cm³/mol. The van der Waals surface area contributed by atoms with Crippen LogP contribution >= 0.6 is 0 Å². The maximum Gasteiger partial charge on any atom is 0.407 e. The lowest BCUT2D eigenvalue weighted by molar-refractivity contribution is 0.0527. The zero-order chi connectivity index (χ0) is 33.4. The first-order valence-corrected chi connectivity index (χ1v) is 19.7. The van der Waals surface area contributed by atoms with Crippen LogP contribution in [0.1, 0.15) is 202 Å². The van der Waals surface area contributed by atoms with Crippen molar-refractivity contribution in [3.8, 4) is 0 Å². The first-order chi connectivity index (χ1) is 21.7. The summed E-state index contributed by atoms with van der Waals surface area (Å²) in [5, 5.41) is 24.5. The molecule has 0 aromatic rings. The lowest BCUT2D eigenvalue weighted by Gasteiger charge is -2.27. The van der Waals surface area contributed by atoms with E-state index >= 15 is 0 Å². The molecular weight excluding hydrogens is 560 g/mol. The second-order valence-electron chi connectivity index (χ2n) is 14.9. The lowest BCUT2D eigenvalue weighted by Crippen LogP contribution is -2.38. The molecule has 2 atom stereocenters. The van der Waals surface area contributed by atoms with Crippen molar-refractivity contribution in [2.24, 2.45) is 0 Å². The van der Waals surface area contributed by atoms with Crippen LogP contribution in [0.4, 0.5) is 4.79 Å². The van der Waals surface area contributed by atoms with Gasteiger partial charge in [0.1, 0.15) is 5.60 Å². The number of nitrogens with zero attached hydrogens (tertiary/aromatic N) is 1. The molecule has 0 bridgehead atoms. The number of carbonyl (C=O) groups is 1. The molecule has 0 aliphatic carbocycles. The highest BCUT2D eigenvalue weighted by Crippen LogP contribution is 2.15. The molecular formula is C39H80N2O4. The number of hydrogen-bond donors (Lipinski definition) is 3. The van der Waals surface area contributed by atoms with E-state index in [1.165, 1.54) is 116 Å². The molecule has 45 heavy (non-hydrogen) atoms. The van der Waals surface area contributed by atoms with Gasteiger partial charge in [-0.3, -0.25) is 4.90 Å². The van der Waals surface area contributed by atoms with Crippen LogP contribution in [0.2, 0.25) is 0 Å². The number of carbonyl (C=O) groups excluding carboxylic acids is 1. The number of amides is 1. The van der Waals surface area contributed by atoms with Crippen molar-refractivity contribution in [2.75, 3.05) is 26.2 Å². The van der Waals surface area contributed by atoms with Crippen LogP contribution < -0.4 is 5.32 Å². The summed E-state index contributed by atoms with van der Waals surface area (Å²) < 4.78 is 5.30. The Hall–Kier alpha value is -0.850. The zero-order valence-corrected chi connectivity index (χ0v) is 31.0. The van der Waals surface area contributed by atoms with Crippen molar-refractivity contribution >= 4 is 6.09 Å². The van der Waals surface area contributed by atoms with E-state index in [-0.39, 0.29) is 18.3 Å². The third-order valence-corrected chi connectivity index (χ3v) is 8.79. The Balaban J connectivity index is 4.31. The molecule has 6 heteroatoms. The van der Waals surface area contributed by atoms with Crippen LogP contribution in [-0.2, 0) is 4.74 Å². The first kappa shape index (κ1) is 44.1. The van der Waals surface area contributed by atoms with Gasteiger partial charge in [0.15, 0.2) is 0 Å². The molecule has 6 nitrogen and oxygen atoms in total. The molecule has 0 saturated carbocycles. The lowest BCUT2D eigenvalue weighted by atomic mass is 10.0. The van der Waals surface area contributed by atoms with E-state index in [0.29, 0.717) is 19.6 Å².